The molecule has 0 saturated heterocycles. The topological polar surface area (TPSA) is 55.9 Å². The molecule has 5 heteroatoms. The highest BCUT2D eigenvalue weighted by atomic mass is 16.3. The summed E-state index contributed by atoms with van der Waals surface area (Å²) in [6.07, 6.45) is 7.83. The minimum atomic E-state index is -0.498. The largest absolute Gasteiger partial charge is 0.386 e. The summed E-state index contributed by atoms with van der Waals surface area (Å²) in [6.45, 7) is 0.903. The summed E-state index contributed by atoms with van der Waals surface area (Å²) in [5.41, 5.74) is 4.59. The average molecular weight is 292 g/mol. The molecule has 5 rings (SSSR count). The van der Waals surface area contributed by atoms with Gasteiger partial charge in [-0.25, -0.2) is 9.97 Å². The number of imidazole rings is 2. The van der Waals surface area contributed by atoms with Crippen molar-refractivity contribution in [2.45, 2.75) is 25.1 Å². The minimum absolute atomic E-state index is 0.140. The number of aryl methyl sites for hydroxylation is 1. The number of aliphatic hydroxyl groups is 1. The maximum absolute atomic E-state index is 10.9. The van der Waals surface area contributed by atoms with Crippen LogP contribution in [0.15, 0.2) is 49.3 Å². The summed E-state index contributed by atoms with van der Waals surface area (Å²) in [5.74, 6) is 0.140. The van der Waals surface area contributed by atoms with Gasteiger partial charge in [0.15, 0.2) is 0 Å². The van der Waals surface area contributed by atoms with E-state index in [1.807, 2.05) is 12.5 Å². The van der Waals surface area contributed by atoms with Crippen molar-refractivity contribution < 1.29 is 5.11 Å². The molecule has 5 nitrogen and oxygen atoms in total. The van der Waals surface area contributed by atoms with Gasteiger partial charge in [0, 0.05) is 18.0 Å². The third-order valence-electron chi connectivity index (χ3n) is 5.08. The summed E-state index contributed by atoms with van der Waals surface area (Å²) in [5, 5.41) is 10.9. The van der Waals surface area contributed by atoms with Gasteiger partial charge >= 0.3 is 0 Å². The van der Waals surface area contributed by atoms with Crippen molar-refractivity contribution in [2.24, 2.45) is 5.92 Å². The van der Waals surface area contributed by atoms with Crippen LogP contribution in [0.3, 0.4) is 0 Å². The Hall–Kier alpha value is -2.40. The van der Waals surface area contributed by atoms with E-state index in [9.17, 15) is 5.11 Å². The number of nitrogens with zero attached hydrogens (tertiary/aromatic N) is 4. The van der Waals surface area contributed by atoms with Crippen LogP contribution in [0.1, 0.15) is 29.8 Å². The summed E-state index contributed by atoms with van der Waals surface area (Å²) >= 11 is 0. The lowest BCUT2D eigenvalue weighted by Gasteiger charge is -2.34. The Balaban J connectivity index is 1.65. The molecular weight excluding hydrogens is 276 g/mol. The zero-order valence-electron chi connectivity index (χ0n) is 12.0. The minimum Gasteiger partial charge on any atom is -0.386 e. The molecular formula is C17H16N4O. The first kappa shape index (κ1) is 12.2. The van der Waals surface area contributed by atoms with Crippen molar-refractivity contribution in [1.29, 1.82) is 0 Å². The van der Waals surface area contributed by atoms with Crippen LogP contribution in [0.5, 0.6) is 0 Å². The van der Waals surface area contributed by atoms with E-state index in [2.05, 4.69) is 43.4 Å². The van der Waals surface area contributed by atoms with Crippen molar-refractivity contribution in [1.82, 2.24) is 19.1 Å². The van der Waals surface area contributed by atoms with E-state index >= 15 is 0 Å². The molecule has 2 aliphatic rings. The summed E-state index contributed by atoms with van der Waals surface area (Å²) in [4.78, 5) is 8.49. The Bertz CT molecular complexity index is 850. The lowest BCUT2D eigenvalue weighted by molar-refractivity contribution is 0.0556. The molecule has 0 amide bonds. The first-order valence-electron chi connectivity index (χ1n) is 7.64. The lowest BCUT2D eigenvalue weighted by Crippen LogP contribution is -2.30. The number of hydrogen-bond donors (Lipinski definition) is 1. The molecule has 3 atom stereocenters. The number of hydrogen-bond acceptors (Lipinski definition) is 3. The Morgan fingerprint density at radius 3 is 2.91 bits per heavy atom. The Kier molecular flexibility index (Phi) is 2.38. The van der Waals surface area contributed by atoms with Gasteiger partial charge in [0.1, 0.15) is 6.10 Å². The summed E-state index contributed by atoms with van der Waals surface area (Å²) < 4.78 is 4.27. The fourth-order valence-electron chi connectivity index (χ4n) is 4.07. The molecule has 22 heavy (non-hydrogen) atoms. The van der Waals surface area contributed by atoms with Gasteiger partial charge in [-0.3, -0.25) is 0 Å². The number of benzene rings is 1. The number of rotatable bonds is 1. The Labute approximate surface area is 127 Å². The van der Waals surface area contributed by atoms with Crippen LogP contribution in [0.4, 0.5) is 0 Å². The van der Waals surface area contributed by atoms with Gasteiger partial charge in [-0.1, -0.05) is 24.3 Å². The van der Waals surface area contributed by atoms with Crippen LogP contribution in [0.25, 0.3) is 11.3 Å². The summed E-state index contributed by atoms with van der Waals surface area (Å²) in [6, 6.07) is 8.59. The molecule has 0 bridgehead atoms. The van der Waals surface area contributed by atoms with Gasteiger partial charge in [-0.05, 0) is 12.0 Å². The van der Waals surface area contributed by atoms with Crippen molar-refractivity contribution in [3.63, 3.8) is 0 Å². The monoisotopic (exact) mass is 292 g/mol. The van der Waals surface area contributed by atoms with Crippen molar-refractivity contribution >= 4 is 0 Å². The first-order valence-corrected chi connectivity index (χ1v) is 7.64. The van der Waals surface area contributed by atoms with Crippen LogP contribution >= 0.6 is 0 Å². The standard InChI is InChI=1S/C17H16N4O/c22-17-13(5-6-20-9-18-8-15(17)20)16-12-4-2-1-3-11(12)14-7-19-10-21(14)16/h1-4,7-10,13,16-17,22H,5-6H2/t13-,16+,17-/m0/s1. The smallest absolute Gasteiger partial charge is 0.101 e. The van der Waals surface area contributed by atoms with Gasteiger partial charge in [0.05, 0.1) is 42.5 Å². The van der Waals surface area contributed by atoms with E-state index in [0.717, 1.165) is 24.4 Å². The molecule has 0 spiro atoms. The Morgan fingerprint density at radius 1 is 1.09 bits per heavy atom. The van der Waals surface area contributed by atoms with E-state index in [-0.39, 0.29) is 12.0 Å². The highest BCUT2D eigenvalue weighted by Gasteiger charge is 2.40. The number of aliphatic hydroxyl groups excluding tert-OH is 1. The predicted molar refractivity (Wildman–Crippen MR) is 81.1 cm³/mol. The van der Waals surface area contributed by atoms with Crippen LogP contribution in [0.2, 0.25) is 0 Å². The second kappa shape index (κ2) is 4.30. The molecule has 0 unspecified atom stereocenters. The second-order valence-corrected chi connectivity index (χ2v) is 6.13. The van der Waals surface area contributed by atoms with Gasteiger partial charge in [0.25, 0.3) is 0 Å². The van der Waals surface area contributed by atoms with E-state index in [1.165, 1.54) is 11.1 Å². The zero-order valence-corrected chi connectivity index (χ0v) is 12.0. The average Bonchev–Trinajstić information content (AvgIpc) is 3.23. The normalized spacial score (nSPS) is 25.6. The van der Waals surface area contributed by atoms with E-state index in [1.54, 1.807) is 12.5 Å². The highest BCUT2D eigenvalue weighted by molar-refractivity contribution is 5.69. The van der Waals surface area contributed by atoms with Gasteiger partial charge < -0.3 is 14.2 Å². The molecule has 2 aromatic heterocycles. The quantitative estimate of drug-likeness (QED) is 0.749. The van der Waals surface area contributed by atoms with Crippen LogP contribution in [-0.4, -0.2) is 24.2 Å². The van der Waals surface area contributed by atoms with Gasteiger partial charge in [-0.15, -0.1) is 0 Å². The molecule has 2 aliphatic heterocycles. The molecule has 110 valence electrons. The van der Waals surface area contributed by atoms with E-state index in [4.69, 9.17) is 0 Å². The van der Waals surface area contributed by atoms with E-state index in [0.29, 0.717) is 0 Å². The Morgan fingerprint density at radius 2 is 1.95 bits per heavy atom. The molecule has 0 saturated carbocycles. The fraction of sp³-hybridized carbons (Fsp3) is 0.294. The highest BCUT2D eigenvalue weighted by Crippen LogP contribution is 2.48. The summed E-state index contributed by atoms with van der Waals surface area (Å²) in [7, 11) is 0. The van der Waals surface area contributed by atoms with Gasteiger partial charge in [0.2, 0.25) is 0 Å². The molecule has 4 heterocycles. The fourth-order valence-corrected chi connectivity index (χ4v) is 4.07. The van der Waals surface area contributed by atoms with Gasteiger partial charge in [-0.2, -0.15) is 0 Å². The van der Waals surface area contributed by atoms with E-state index < -0.39 is 6.10 Å². The number of aromatic nitrogens is 4. The SMILES string of the molecule is O[C@@H]1c2cncn2CC[C@H]1[C@H]1c2ccccc2-c2cncn21. The maximum atomic E-state index is 10.9. The molecule has 0 fully saturated rings. The maximum Gasteiger partial charge on any atom is 0.101 e. The lowest BCUT2D eigenvalue weighted by atomic mass is 9.83. The van der Waals surface area contributed by atoms with Crippen LogP contribution in [-0.2, 0) is 6.54 Å². The molecule has 1 aromatic carbocycles. The molecule has 1 N–H and O–H groups in total. The first-order chi connectivity index (χ1) is 10.8. The van der Waals surface area contributed by atoms with Crippen molar-refractivity contribution in [2.75, 3.05) is 0 Å². The van der Waals surface area contributed by atoms with Crippen molar-refractivity contribution in [3.8, 4) is 11.3 Å². The molecule has 3 aromatic rings. The molecule has 0 radical (unpaired) electrons. The third kappa shape index (κ3) is 1.46. The second-order valence-electron chi connectivity index (χ2n) is 6.13. The predicted octanol–water partition coefficient (Wildman–Crippen LogP) is 2.40. The van der Waals surface area contributed by atoms with Crippen LogP contribution in [0, 0.1) is 5.92 Å². The third-order valence-corrected chi connectivity index (χ3v) is 5.08. The van der Waals surface area contributed by atoms with Crippen molar-refractivity contribution in [3.05, 3.63) is 60.6 Å². The van der Waals surface area contributed by atoms with Crippen LogP contribution < -0.4 is 0 Å². The molecule has 0 aliphatic carbocycles. The zero-order chi connectivity index (χ0) is 14.7. The number of fused-ring (bicyclic) bond motifs is 4.